The number of benzene rings is 4. The van der Waals surface area contributed by atoms with Crippen molar-refractivity contribution in [2.24, 2.45) is 5.73 Å². The Balaban J connectivity index is 0.000000199. The number of hydrogen-bond donors (Lipinski definition) is 2. The fraction of sp³-hybridized carbons (Fsp3) is 0.390. The van der Waals surface area contributed by atoms with Gasteiger partial charge in [-0.05, 0) is 79.4 Å². The molecule has 2 heterocycles. The van der Waals surface area contributed by atoms with Gasteiger partial charge in [0, 0.05) is 39.3 Å². The zero-order valence-corrected chi connectivity index (χ0v) is 29.7. The lowest BCUT2D eigenvalue weighted by atomic mass is 9.94. The van der Waals surface area contributed by atoms with E-state index in [2.05, 4.69) is 102 Å². The number of amides is 1. The van der Waals surface area contributed by atoms with Gasteiger partial charge in [0.05, 0.1) is 13.2 Å². The summed E-state index contributed by atoms with van der Waals surface area (Å²) in [5.41, 5.74) is 14.8. The second kappa shape index (κ2) is 17.1. The molecule has 0 radical (unpaired) electrons. The number of alkyl carbamates (subject to hydrolysis) is 1. The predicted octanol–water partition coefficient (Wildman–Crippen LogP) is 6.96. The number of hydrogen-bond acceptors (Lipinski definition) is 7. The molecule has 4 aromatic rings. The molecule has 0 aliphatic carbocycles. The Morgan fingerprint density at radius 2 is 1.22 bits per heavy atom. The number of carbonyl (C=O) groups excluding carboxylic acids is 1. The summed E-state index contributed by atoms with van der Waals surface area (Å²) in [5.74, 6) is 0. The summed E-state index contributed by atoms with van der Waals surface area (Å²) in [6, 6.07) is 33.6. The largest absolute Gasteiger partial charge is 0.444 e. The van der Waals surface area contributed by atoms with Crippen LogP contribution in [0.5, 0.6) is 0 Å². The van der Waals surface area contributed by atoms with Crippen LogP contribution in [0.1, 0.15) is 77.5 Å². The van der Waals surface area contributed by atoms with Crippen molar-refractivity contribution in [2.75, 3.05) is 40.4 Å². The number of fused-ring (bicyclic) bond motifs is 2. The second-order valence-corrected chi connectivity index (χ2v) is 13.9. The van der Waals surface area contributed by atoms with Crippen LogP contribution < -0.4 is 11.1 Å². The molecule has 8 heteroatoms. The van der Waals surface area contributed by atoms with Crippen LogP contribution >= 0.6 is 0 Å². The van der Waals surface area contributed by atoms with Gasteiger partial charge in [-0.3, -0.25) is 9.80 Å². The Morgan fingerprint density at radius 3 is 1.69 bits per heavy atom. The molecule has 0 saturated heterocycles. The highest BCUT2D eigenvalue weighted by Gasteiger charge is 2.24. The smallest absolute Gasteiger partial charge is 0.407 e. The Kier molecular flexibility index (Phi) is 12.6. The third kappa shape index (κ3) is 10.5. The van der Waals surface area contributed by atoms with Crippen LogP contribution in [0.25, 0.3) is 0 Å². The van der Waals surface area contributed by atoms with Gasteiger partial charge in [-0.25, -0.2) is 4.79 Å². The van der Waals surface area contributed by atoms with E-state index in [0.29, 0.717) is 19.7 Å². The molecule has 260 valence electrons. The first kappa shape index (κ1) is 36.2. The van der Waals surface area contributed by atoms with Crippen molar-refractivity contribution in [3.63, 3.8) is 0 Å². The standard InChI is InChI=1S/C23H30N2O3.C18H22N2O/c1-23(2,3)28-22(26)24-15-17-10-11-19-16-25(4)12-13-27-21(20(19)14-17)18-8-6-5-7-9-18;1-20-9-10-21-18(15-5-3-2-4-6-15)17-11-14(12-19)7-8-16(17)13-20/h5-11,14,21H,12-13,15-16H2,1-4H3,(H,24,26);2-8,11,18H,9-10,12-13,19H2,1H3. The van der Waals surface area contributed by atoms with Crippen LogP contribution in [0, 0.1) is 0 Å². The third-order valence-corrected chi connectivity index (χ3v) is 8.66. The molecule has 2 unspecified atom stereocenters. The first-order chi connectivity index (χ1) is 23.6. The van der Waals surface area contributed by atoms with Gasteiger partial charge in [0.25, 0.3) is 0 Å². The van der Waals surface area contributed by atoms with E-state index in [1.807, 2.05) is 45.0 Å². The normalized spacial score (nSPS) is 18.7. The van der Waals surface area contributed by atoms with E-state index >= 15 is 0 Å². The summed E-state index contributed by atoms with van der Waals surface area (Å²) < 4.78 is 17.8. The number of nitrogens with two attached hydrogens (primary N) is 1. The molecule has 49 heavy (non-hydrogen) atoms. The summed E-state index contributed by atoms with van der Waals surface area (Å²) in [7, 11) is 4.24. The summed E-state index contributed by atoms with van der Waals surface area (Å²) in [4.78, 5) is 16.5. The number of carbonyl (C=O) groups is 1. The van der Waals surface area contributed by atoms with Crippen LogP contribution in [0.15, 0.2) is 97.1 Å². The number of nitrogens with one attached hydrogen (secondary N) is 1. The molecule has 0 saturated carbocycles. The molecular weight excluding hydrogens is 612 g/mol. The Morgan fingerprint density at radius 1 is 0.755 bits per heavy atom. The minimum absolute atomic E-state index is 0.00130. The van der Waals surface area contributed by atoms with Gasteiger partial charge < -0.3 is 25.3 Å². The van der Waals surface area contributed by atoms with E-state index in [9.17, 15) is 4.79 Å². The minimum Gasteiger partial charge on any atom is -0.444 e. The number of ether oxygens (including phenoxy) is 3. The molecule has 8 nitrogen and oxygen atoms in total. The van der Waals surface area contributed by atoms with E-state index < -0.39 is 11.7 Å². The van der Waals surface area contributed by atoms with Gasteiger partial charge in [-0.1, -0.05) is 97.1 Å². The zero-order valence-electron chi connectivity index (χ0n) is 29.7. The summed E-state index contributed by atoms with van der Waals surface area (Å²) in [5, 5.41) is 2.84. The van der Waals surface area contributed by atoms with Crippen LogP contribution in [-0.2, 0) is 40.4 Å². The van der Waals surface area contributed by atoms with Gasteiger partial charge in [0.1, 0.15) is 17.8 Å². The molecule has 0 aromatic heterocycles. The second-order valence-electron chi connectivity index (χ2n) is 13.9. The van der Waals surface area contributed by atoms with Crippen molar-refractivity contribution in [3.8, 4) is 0 Å². The SMILES string of the molecule is CN1CCOC(c2ccccc2)c2cc(CN)ccc2C1.CN1CCOC(c2ccccc2)c2cc(CNC(=O)OC(C)(C)C)ccc2C1. The maximum absolute atomic E-state index is 12.0. The third-order valence-electron chi connectivity index (χ3n) is 8.66. The molecule has 3 N–H and O–H groups in total. The average Bonchev–Trinajstić information content (AvgIpc) is 3.07. The average molecular weight is 665 g/mol. The summed E-state index contributed by atoms with van der Waals surface area (Å²) in [6.45, 7) is 11.6. The Bertz CT molecular complexity index is 1640. The van der Waals surface area contributed by atoms with E-state index in [1.165, 1.54) is 22.3 Å². The number of rotatable bonds is 5. The first-order valence-electron chi connectivity index (χ1n) is 17.2. The van der Waals surface area contributed by atoms with Crippen molar-refractivity contribution >= 4 is 6.09 Å². The molecule has 4 aromatic carbocycles. The molecule has 1 amide bonds. The zero-order chi connectivity index (χ0) is 34.8. The quantitative estimate of drug-likeness (QED) is 0.239. The molecule has 0 fully saturated rings. The van der Waals surface area contributed by atoms with Gasteiger partial charge in [0.15, 0.2) is 0 Å². The molecule has 0 bridgehead atoms. The van der Waals surface area contributed by atoms with Crippen molar-refractivity contribution in [1.82, 2.24) is 15.1 Å². The fourth-order valence-electron chi connectivity index (χ4n) is 6.17. The van der Waals surface area contributed by atoms with Crippen molar-refractivity contribution in [1.29, 1.82) is 0 Å². The first-order valence-corrected chi connectivity index (χ1v) is 17.2. The van der Waals surface area contributed by atoms with Crippen molar-refractivity contribution < 1.29 is 19.0 Å². The van der Waals surface area contributed by atoms with Crippen molar-refractivity contribution in [2.45, 2.75) is 64.8 Å². The molecule has 6 rings (SSSR count). The van der Waals surface area contributed by atoms with Crippen molar-refractivity contribution in [3.05, 3.63) is 142 Å². The van der Waals surface area contributed by atoms with Gasteiger partial charge in [-0.15, -0.1) is 0 Å². The molecular formula is C41H52N4O4. The highest BCUT2D eigenvalue weighted by molar-refractivity contribution is 5.67. The minimum atomic E-state index is -0.507. The van der Waals surface area contributed by atoms with Crippen LogP contribution in [0.4, 0.5) is 4.79 Å². The molecule has 2 aliphatic rings. The molecule has 0 spiro atoms. The lowest BCUT2D eigenvalue weighted by Gasteiger charge is -2.29. The maximum atomic E-state index is 12.0. The van der Waals surface area contributed by atoms with Gasteiger partial charge in [-0.2, -0.15) is 0 Å². The van der Waals surface area contributed by atoms with Gasteiger partial charge in [0.2, 0.25) is 0 Å². The highest BCUT2D eigenvalue weighted by Crippen LogP contribution is 2.33. The topological polar surface area (TPSA) is 89.3 Å². The van der Waals surface area contributed by atoms with Crippen LogP contribution in [-0.4, -0.2) is 61.9 Å². The molecule has 2 atom stereocenters. The van der Waals surface area contributed by atoms with Crippen LogP contribution in [0.3, 0.4) is 0 Å². The molecule has 2 aliphatic heterocycles. The maximum Gasteiger partial charge on any atom is 0.407 e. The predicted molar refractivity (Wildman–Crippen MR) is 195 cm³/mol. The van der Waals surface area contributed by atoms with E-state index in [1.54, 1.807) is 0 Å². The Labute approximate surface area is 292 Å². The monoisotopic (exact) mass is 664 g/mol. The summed E-state index contributed by atoms with van der Waals surface area (Å²) >= 11 is 0. The lowest BCUT2D eigenvalue weighted by Crippen LogP contribution is -2.32. The summed E-state index contributed by atoms with van der Waals surface area (Å²) in [6.07, 6.45) is -0.511. The van der Waals surface area contributed by atoms with E-state index in [4.69, 9.17) is 19.9 Å². The number of nitrogens with zero attached hydrogens (tertiary/aromatic N) is 2. The lowest BCUT2D eigenvalue weighted by molar-refractivity contribution is 0.0522. The van der Waals surface area contributed by atoms with E-state index in [-0.39, 0.29) is 12.2 Å². The highest BCUT2D eigenvalue weighted by atomic mass is 16.6. The van der Waals surface area contributed by atoms with E-state index in [0.717, 1.165) is 55.0 Å². The van der Waals surface area contributed by atoms with Gasteiger partial charge >= 0.3 is 6.09 Å². The van der Waals surface area contributed by atoms with Crippen LogP contribution in [0.2, 0.25) is 0 Å². The fourth-order valence-corrected chi connectivity index (χ4v) is 6.17. The number of likely N-dealkylation sites (N-methyl/N-ethyl adjacent to an activating group) is 2. The Hall–Kier alpha value is -4.05.